The van der Waals surface area contributed by atoms with Crippen LogP contribution in [-0.4, -0.2) is 32.1 Å². The standard InChI is InChI=1S/C18H13ClN2O4/c1-9-8-11(10-4-2-3-5-12(10)19)14(18(24)25)15(13(9)17(22)23)16-20-6-7-21-16/h2-8H,1H3,(H,20,21)(H,22,23)(H,24,25). The van der Waals surface area contributed by atoms with Crippen molar-refractivity contribution in [3.63, 3.8) is 0 Å². The number of carboxylic acids is 2. The molecule has 25 heavy (non-hydrogen) atoms. The molecule has 0 bridgehead atoms. The van der Waals surface area contributed by atoms with Gasteiger partial charge in [0.1, 0.15) is 5.82 Å². The maximum atomic E-state index is 12.0. The number of aromatic amines is 1. The Balaban J connectivity index is 2.49. The Kier molecular flexibility index (Phi) is 4.29. The summed E-state index contributed by atoms with van der Waals surface area (Å²) in [4.78, 5) is 30.6. The Morgan fingerprint density at radius 3 is 2.32 bits per heavy atom. The van der Waals surface area contributed by atoms with Crippen LogP contribution in [-0.2, 0) is 0 Å². The average Bonchev–Trinajstić information content (AvgIpc) is 3.07. The van der Waals surface area contributed by atoms with Crippen molar-refractivity contribution in [3.05, 3.63) is 64.4 Å². The second-order valence-electron chi connectivity index (χ2n) is 5.39. The number of hydrogen-bond donors (Lipinski definition) is 3. The number of benzene rings is 2. The van der Waals surface area contributed by atoms with E-state index >= 15 is 0 Å². The Hall–Kier alpha value is -3.12. The zero-order valence-corrected chi connectivity index (χ0v) is 13.8. The van der Waals surface area contributed by atoms with Crippen molar-refractivity contribution in [2.45, 2.75) is 6.92 Å². The van der Waals surface area contributed by atoms with E-state index in [2.05, 4.69) is 9.97 Å². The Labute approximate surface area is 147 Å². The van der Waals surface area contributed by atoms with E-state index in [1.54, 1.807) is 31.2 Å². The van der Waals surface area contributed by atoms with Crippen LogP contribution in [0, 0.1) is 6.92 Å². The molecule has 0 saturated heterocycles. The van der Waals surface area contributed by atoms with E-state index in [0.717, 1.165) is 0 Å². The highest BCUT2D eigenvalue weighted by molar-refractivity contribution is 6.33. The topological polar surface area (TPSA) is 103 Å². The number of hydrogen-bond acceptors (Lipinski definition) is 3. The SMILES string of the molecule is Cc1cc(-c2ccccc2Cl)c(C(=O)O)c(-c2ncc[nH]2)c1C(=O)O. The van der Waals surface area contributed by atoms with Gasteiger partial charge in [-0.25, -0.2) is 14.6 Å². The van der Waals surface area contributed by atoms with Crippen molar-refractivity contribution in [1.29, 1.82) is 0 Å². The minimum Gasteiger partial charge on any atom is -0.478 e. The first-order valence-corrected chi connectivity index (χ1v) is 7.68. The molecule has 0 radical (unpaired) electrons. The average molecular weight is 357 g/mol. The van der Waals surface area contributed by atoms with Gasteiger partial charge in [0.25, 0.3) is 0 Å². The molecule has 3 aromatic rings. The van der Waals surface area contributed by atoms with E-state index in [4.69, 9.17) is 11.6 Å². The van der Waals surface area contributed by atoms with Crippen LogP contribution in [0.15, 0.2) is 42.7 Å². The molecule has 2 aromatic carbocycles. The monoisotopic (exact) mass is 356 g/mol. The number of H-pyrrole nitrogens is 1. The largest absolute Gasteiger partial charge is 0.478 e. The molecule has 126 valence electrons. The molecule has 0 spiro atoms. The normalized spacial score (nSPS) is 10.6. The molecule has 1 aromatic heterocycles. The fourth-order valence-corrected chi connectivity index (χ4v) is 3.08. The van der Waals surface area contributed by atoms with Gasteiger partial charge in [-0.1, -0.05) is 29.8 Å². The predicted molar refractivity (Wildman–Crippen MR) is 93.1 cm³/mol. The lowest BCUT2D eigenvalue weighted by Crippen LogP contribution is -2.12. The number of nitrogens with zero attached hydrogens (tertiary/aromatic N) is 1. The summed E-state index contributed by atoms with van der Waals surface area (Å²) >= 11 is 6.23. The van der Waals surface area contributed by atoms with E-state index in [1.807, 2.05) is 0 Å². The maximum Gasteiger partial charge on any atom is 0.337 e. The van der Waals surface area contributed by atoms with Crippen molar-refractivity contribution in [3.8, 4) is 22.5 Å². The molecule has 3 rings (SSSR count). The van der Waals surface area contributed by atoms with E-state index in [1.165, 1.54) is 18.5 Å². The number of nitrogens with one attached hydrogen (secondary N) is 1. The van der Waals surface area contributed by atoms with Gasteiger partial charge in [-0.15, -0.1) is 0 Å². The molecule has 0 atom stereocenters. The van der Waals surface area contributed by atoms with Crippen LogP contribution in [0.5, 0.6) is 0 Å². The molecule has 0 fully saturated rings. The van der Waals surface area contributed by atoms with Gasteiger partial charge in [-0.2, -0.15) is 0 Å². The van der Waals surface area contributed by atoms with E-state index in [9.17, 15) is 19.8 Å². The summed E-state index contributed by atoms with van der Waals surface area (Å²) in [5, 5.41) is 19.8. The number of imidazole rings is 1. The van der Waals surface area contributed by atoms with Gasteiger partial charge in [-0.3, -0.25) is 0 Å². The molecule has 0 aliphatic heterocycles. The fraction of sp³-hybridized carbons (Fsp3) is 0.0556. The fourth-order valence-electron chi connectivity index (χ4n) is 2.85. The zero-order valence-electron chi connectivity index (χ0n) is 13.1. The Bertz CT molecular complexity index is 981. The molecule has 7 heteroatoms. The van der Waals surface area contributed by atoms with Crippen LogP contribution in [0.4, 0.5) is 0 Å². The summed E-state index contributed by atoms with van der Waals surface area (Å²) in [6, 6.07) is 8.34. The molecule has 0 aliphatic carbocycles. The molecule has 0 saturated carbocycles. The smallest absolute Gasteiger partial charge is 0.337 e. The molecule has 3 N–H and O–H groups in total. The molecular weight excluding hydrogens is 344 g/mol. The molecule has 0 amide bonds. The van der Waals surface area contributed by atoms with Gasteiger partial charge < -0.3 is 15.2 Å². The van der Waals surface area contributed by atoms with Gasteiger partial charge in [0.2, 0.25) is 0 Å². The minimum absolute atomic E-state index is 0.0277. The first kappa shape index (κ1) is 16.7. The first-order valence-electron chi connectivity index (χ1n) is 7.30. The second-order valence-corrected chi connectivity index (χ2v) is 5.80. The van der Waals surface area contributed by atoms with Crippen molar-refractivity contribution in [2.24, 2.45) is 0 Å². The highest BCUT2D eigenvalue weighted by Crippen LogP contribution is 2.38. The number of carbonyl (C=O) groups is 2. The number of rotatable bonds is 4. The van der Waals surface area contributed by atoms with E-state index < -0.39 is 11.9 Å². The van der Waals surface area contributed by atoms with Crippen LogP contribution in [0.3, 0.4) is 0 Å². The second kappa shape index (κ2) is 6.41. The molecular formula is C18H13ClN2O4. The molecule has 0 unspecified atom stereocenters. The molecule has 0 aliphatic rings. The van der Waals surface area contributed by atoms with Crippen LogP contribution >= 0.6 is 11.6 Å². The third-order valence-electron chi connectivity index (χ3n) is 3.85. The number of aromatic nitrogens is 2. The highest BCUT2D eigenvalue weighted by atomic mass is 35.5. The summed E-state index contributed by atoms with van der Waals surface area (Å²) < 4.78 is 0. The first-order chi connectivity index (χ1) is 11.9. The van der Waals surface area contributed by atoms with E-state index in [-0.39, 0.29) is 22.5 Å². The summed E-state index contributed by atoms with van der Waals surface area (Å²) in [5.74, 6) is -2.31. The van der Waals surface area contributed by atoms with Gasteiger partial charge in [0.15, 0.2) is 0 Å². The Morgan fingerprint density at radius 1 is 1.08 bits per heavy atom. The number of halogens is 1. The molecule has 1 heterocycles. The lowest BCUT2D eigenvalue weighted by atomic mass is 9.88. The lowest BCUT2D eigenvalue weighted by molar-refractivity contribution is 0.0695. The predicted octanol–water partition coefficient (Wildman–Crippen LogP) is 4.10. The van der Waals surface area contributed by atoms with Crippen molar-refractivity contribution in [1.82, 2.24) is 9.97 Å². The van der Waals surface area contributed by atoms with Gasteiger partial charge >= 0.3 is 11.9 Å². The van der Waals surface area contributed by atoms with Gasteiger partial charge in [0.05, 0.1) is 11.1 Å². The van der Waals surface area contributed by atoms with Crippen molar-refractivity contribution >= 4 is 23.5 Å². The third kappa shape index (κ3) is 2.88. The van der Waals surface area contributed by atoms with Gasteiger partial charge in [-0.05, 0) is 30.2 Å². The van der Waals surface area contributed by atoms with Crippen LogP contribution in [0.2, 0.25) is 5.02 Å². The third-order valence-corrected chi connectivity index (χ3v) is 4.18. The highest BCUT2D eigenvalue weighted by Gasteiger charge is 2.28. The quantitative estimate of drug-likeness (QED) is 0.653. The van der Waals surface area contributed by atoms with Gasteiger partial charge in [0, 0.05) is 28.5 Å². The summed E-state index contributed by atoms with van der Waals surface area (Å²) in [6.45, 7) is 1.61. The zero-order chi connectivity index (χ0) is 18.1. The minimum atomic E-state index is -1.26. The molecule has 6 nitrogen and oxygen atoms in total. The van der Waals surface area contributed by atoms with Crippen LogP contribution in [0.25, 0.3) is 22.5 Å². The van der Waals surface area contributed by atoms with Crippen LogP contribution in [0.1, 0.15) is 26.3 Å². The number of aromatic carboxylic acids is 2. The van der Waals surface area contributed by atoms with Crippen molar-refractivity contribution in [2.75, 3.05) is 0 Å². The number of carboxylic acid groups (broad SMARTS) is 2. The maximum absolute atomic E-state index is 12.0. The van der Waals surface area contributed by atoms with Crippen molar-refractivity contribution < 1.29 is 19.8 Å². The Morgan fingerprint density at radius 2 is 1.76 bits per heavy atom. The van der Waals surface area contributed by atoms with Crippen LogP contribution < -0.4 is 0 Å². The lowest BCUT2D eigenvalue weighted by Gasteiger charge is -2.16. The summed E-state index contributed by atoms with van der Waals surface area (Å²) in [7, 11) is 0. The van der Waals surface area contributed by atoms with E-state index in [0.29, 0.717) is 21.7 Å². The summed E-state index contributed by atoms with van der Waals surface area (Å²) in [6.07, 6.45) is 2.94. The number of aryl methyl sites for hydroxylation is 1. The summed E-state index contributed by atoms with van der Waals surface area (Å²) in [5.41, 5.74) is 1.02.